The number of amides is 1. The highest BCUT2D eigenvalue weighted by Crippen LogP contribution is 2.34. The van der Waals surface area contributed by atoms with E-state index < -0.39 is 5.60 Å². The van der Waals surface area contributed by atoms with Crippen LogP contribution >= 0.6 is 0 Å². The van der Waals surface area contributed by atoms with E-state index in [9.17, 15) is 9.18 Å². The summed E-state index contributed by atoms with van der Waals surface area (Å²) in [5.74, 6) is 0.254. The molecule has 2 fully saturated rings. The first kappa shape index (κ1) is 19.2. The monoisotopic (exact) mass is 362 g/mol. The van der Waals surface area contributed by atoms with E-state index in [0.29, 0.717) is 24.5 Å². The maximum absolute atomic E-state index is 14.0. The van der Waals surface area contributed by atoms with Crippen molar-refractivity contribution in [3.63, 3.8) is 0 Å². The van der Waals surface area contributed by atoms with Crippen LogP contribution in [0.15, 0.2) is 24.3 Å². The summed E-state index contributed by atoms with van der Waals surface area (Å²) in [6.45, 7) is 7.14. The molecule has 1 heterocycles. The molecule has 1 saturated heterocycles. The minimum absolute atomic E-state index is 0.0762. The van der Waals surface area contributed by atoms with E-state index in [1.165, 1.54) is 0 Å². The molecule has 1 aliphatic carbocycles. The number of rotatable bonds is 3. The average Bonchev–Trinajstić information content (AvgIpc) is 3.03. The fraction of sp³-hybridized carbons (Fsp3) is 0.667. The topological polar surface area (TPSA) is 41.6 Å². The maximum atomic E-state index is 14.0. The molecule has 0 radical (unpaired) electrons. The van der Waals surface area contributed by atoms with Crippen LogP contribution < -0.4 is 5.32 Å². The minimum Gasteiger partial charge on any atom is -0.444 e. The van der Waals surface area contributed by atoms with E-state index in [2.05, 4.69) is 5.32 Å². The molecule has 3 rings (SSSR count). The van der Waals surface area contributed by atoms with Crippen LogP contribution in [0.3, 0.4) is 0 Å². The first-order chi connectivity index (χ1) is 12.3. The van der Waals surface area contributed by atoms with Crippen LogP contribution in [0.1, 0.15) is 64.4 Å². The Balaban J connectivity index is 1.44. The standard InChI is InChI=1S/C21H31FN2O2/c1-21(2,3)26-20(25)24-13-12-17(14-24)23-16-10-8-15(9-11-16)18-6-4-5-7-19(18)22/h4-7,15-17,23H,8-14H2,1-3H3. The molecule has 1 aromatic carbocycles. The Labute approximate surface area is 156 Å². The molecular weight excluding hydrogens is 331 g/mol. The molecule has 1 amide bonds. The lowest BCUT2D eigenvalue weighted by Crippen LogP contribution is -2.43. The van der Waals surface area contributed by atoms with Crippen molar-refractivity contribution in [2.24, 2.45) is 0 Å². The summed E-state index contributed by atoms with van der Waals surface area (Å²) in [5, 5.41) is 3.71. The highest BCUT2D eigenvalue weighted by Gasteiger charge is 2.32. The lowest BCUT2D eigenvalue weighted by atomic mass is 9.81. The lowest BCUT2D eigenvalue weighted by Gasteiger charge is -2.31. The van der Waals surface area contributed by atoms with Crippen molar-refractivity contribution < 1.29 is 13.9 Å². The number of halogens is 1. The van der Waals surface area contributed by atoms with Crippen LogP contribution in [-0.4, -0.2) is 41.8 Å². The third kappa shape index (κ3) is 4.97. The molecule has 1 saturated carbocycles. The first-order valence-electron chi connectivity index (χ1n) is 9.80. The Bertz CT molecular complexity index is 621. The van der Waals surface area contributed by atoms with Crippen molar-refractivity contribution in [2.45, 2.75) is 76.5 Å². The Morgan fingerprint density at radius 2 is 1.81 bits per heavy atom. The quantitative estimate of drug-likeness (QED) is 0.864. The molecule has 1 aromatic rings. The van der Waals surface area contributed by atoms with E-state index in [-0.39, 0.29) is 11.9 Å². The van der Waals surface area contributed by atoms with E-state index in [1.54, 1.807) is 17.0 Å². The predicted octanol–water partition coefficient (Wildman–Crippen LogP) is 4.45. The Morgan fingerprint density at radius 3 is 2.46 bits per heavy atom. The van der Waals surface area contributed by atoms with Crippen molar-refractivity contribution in [2.75, 3.05) is 13.1 Å². The third-order valence-electron chi connectivity index (χ3n) is 5.38. The van der Waals surface area contributed by atoms with Gasteiger partial charge in [-0.05, 0) is 70.4 Å². The number of hydrogen-bond acceptors (Lipinski definition) is 3. The molecule has 144 valence electrons. The van der Waals surface area contributed by atoms with Crippen molar-refractivity contribution in [3.05, 3.63) is 35.6 Å². The fourth-order valence-electron chi connectivity index (χ4n) is 4.10. The van der Waals surface area contributed by atoms with Gasteiger partial charge in [0, 0.05) is 25.2 Å². The Morgan fingerprint density at radius 1 is 1.12 bits per heavy atom. The molecule has 0 aromatic heterocycles. The molecular formula is C21H31FN2O2. The Hall–Kier alpha value is -1.62. The summed E-state index contributed by atoms with van der Waals surface area (Å²) < 4.78 is 19.4. The number of likely N-dealkylation sites (tertiary alicyclic amines) is 1. The number of benzene rings is 1. The minimum atomic E-state index is -0.451. The van der Waals surface area contributed by atoms with Gasteiger partial charge in [0.25, 0.3) is 0 Å². The van der Waals surface area contributed by atoms with Crippen molar-refractivity contribution in [1.29, 1.82) is 0 Å². The van der Waals surface area contributed by atoms with Gasteiger partial charge in [-0.25, -0.2) is 9.18 Å². The normalized spacial score (nSPS) is 26.8. The number of carbonyl (C=O) groups is 1. The molecule has 4 nitrogen and oxygen atoms in total. The molecule has 0 bridgehead atoms. The second kappa shape index (κ2) is 7.95. The van der Waals surface area contributed by atoms with Crippen LogP contribution in [0.4, 0.5) is 9.18 Å². The van der Waals surface area contributed by atoms with Gasteiger partial charge in [-0.1, -0.05) is 18.2 Å². The number of nitrogens with zero attached hydrogens (tertiary/aromatic N) is 1. The van der Waals surface area contributed by atoms with Gasteiger partial charge in [-0.3, -0.25) is 0 Å². The van der Waals surface area contributed by atoms with E-state index in [1.807, 2.05) is 32.9 Å². The number of ether oxygens (including phenoxy) is 1. The Kier molecular flexibility index (Phi) is 5.86. The molecule has 1 N–H and O–H groups in total. The van der Waals surface area contributed by atoms with E-state index in [4.69, 9.17) is 4.74 Å². The van der Waals surface area contributed by atoms with Crippen LogP contribution in [0.2, 0.25) is 0 Å². The third-order valence-corrected chi connectivity index (χ3v) is 5.38. The van der Waals surface area contributed by atoms with Gasteiger partial charge in [-0.15, -0.1) is 0 Å². The number of nitrogens with one attached hydrogen (secondary N) is 1. The highest BCUT2D eigenvalue weighted by atomic mass is 19.1. The summed E-state index contributed by atoms with van der Waals surface area (Å²) in [6, 6.07) is 7.95. The largest absolute Gasteiger partial charge is 0.444 e. The molecule has 1 atom stereocenters. The lowest BCUT2D eigenvalue weighted by molar-refractivity contribution is 0.0290. The predicted molar refractivity (Wildman–Crippen MR) is 101 cm³/mol. The van der Waals surface area contributed by atoms with Gasteiger partial charge in [-0.2, -0.15) is 0 Å². The van der Waals surface area contributed by atoms with Gasteiger partial charge in [0.05, 0.1) is 0 Å². The highest BCUT2D eigenvalue weighted by molar-refractivity contribution is 5.68. The summed E-state index contributed by atoms with van der Waals surface area (Å²) >= 11 is 0. The zero-order valence-corrected chi connectivity index (χ0v) is 16.1. The summed E-state index contributed by atoms with van der Waals surface area (Å²) in [7, 11) is 0. The van der Waals surface area contributed by atoms with Crippen molar-refractivity contribution >= 4 is 6.09 Å². The van der Waals surface area contributed by atoms with Crippen LogP contribution in [0, 0.1) is 5.82 Å². The number of hydrogen-bond donors (Lipinski definition) is 1. The van der Waals surface area contributed by atoms with Gasteiger partial charge >= 0.3 is 6.09 Å². The second-order valence-electron chi connectivity index (χ2n) is 8.65. The summed E-state index contributed by atoms with van der Waals surface area (Å²) in [5.41, 5.74) is 0.413. The molecule has 1 aliphatic heterocycles. The SMILES string of the molecule is CC(C)(C)OC(=O)N1CCC(NC2CCC(c3ccccc3F)CC2)C1. The van der Waals surface area contributed by atoms with Gasteiger partial charge in [0.15, 0.2) is 0 Å². The first-order valence-corrected chi connectivity index (χ1v) is 9.80. The average molecular weight is 362 g/mol. The molecule has 26 heavy (non-hydrogen) atoms. The number of carbonyl (C=O) groups excluding carboxylic acids is 1. The second-order valence-corrected chi connectivity index (χ2v) is 8.65. The van der Waals surface area contributed by atoms with Gasteiger partial charge in [0.2, 0.25) is 0 Å². The molecule has 0 spiro atoms. The molecule has 5 heteroatoms. The van der Waals surface area contributed by atoms with Gasteiger partial charge in [0.1, 0.15) is 11.4 Å². The molecule has 1 unspecified atom stereocenters. The fourth-order valence-corrected chi connectivity index (χ4v) is 4.10. The zero-order valence-electron chi connectivity index (χ0n) is 16.1. The van der Waals surface area contributed by atoms with E-state index in [0.717, 1.165) is 44.2 Å². The van der Waals surface area contributed by atoms with Crippen molar-refractivity contribution in [1.82, 2.24) is 10.2 Å². The van der Waals surface area contributed by atoms with Crippen LogP contribution in [0.25, 0.3) is 0 Å². The van der Waals surface area contributed by atoms with E-state index >= 15 is 0 Å². The smallest absolute Gasteiger partial charge is 0.410 e. The van der Waals surface area contributed by atoms with Crippen LogP contribution in [0.5, 0.6) is 0 Å². The summed E-state index contributed by atoms with van der Waals surface area (Å²) in [6.07, 6.45) is 4.89. The van der Waals surface area contributed by atoms with Crippen molar-refractivity contribution in [3.8, 4) is 0 Å². The van der Waals surface area contributed by atoms with Crippen LogP contribution in [-0.2, 0) is 4.74 Å². The summed E-state index contributed by atoms with van der Waals surface area (Å²) in [4.78, 5) is 14.0. The maximum Gasteiger partial charge on any atom is 0.410 e. The zero-order chi connectivity index (χ0) is 18.7. The van der Waals surface area contributed by atoms with Gasteiger partial charge < -0.3 is 15.0 Å². The molecule has 2 aliphatic rings.